The van der Waals surface area contributed by atoms with Crippen LogP contribution in [0.25, 0.3) is 12.2 Å². The number of rotatable bonds is 0. The van der Waals surface area contributed by atoms with E-state index in [1.54, 1.807) is 0 Å². The largest absolute Gasteiger partial charge is 0.260 e. The van der Waals surface area contributed by atoms with Crippen molar-refractivity contribution in [2.24, 2.45) is 0 Å². The van der Waals surface area contributed by atoms with Crippen LogP contribution in [0.2, 0.25) is 0 Å². The Kier molecular flexibility index (Phi) is 2.18. The van der Waals surface area contributed by atoms with Crippen molar-refractivity contribution in [2.45, 2.75) is 39.0 Å². The summed E-state index contributed by atoms with van der Waals surface area (Å²) in [6.07, 6.45) is 8.88. The molecule has 0 radical (unpaired) electrons. The second kappa shape index (κ2) is 3.23. The minimum Gasteiger partial charge on any atom is -0.260 e. The third-order valence-corrected chi connectivity index (χ3v) is 2.61. The van der Waals surface area contributed by atoms with E-state index in [4.69, 9.17) is 0 Å². The maximum absolute atomic E-state index is 4.51. The summed E-state index contributed by atoms with van der Waals surface area (Å²) in [7, 11) is 0. The zero-order chi connectivity index (χ0) is 10.2. The molecule has 0 fully saturated rings. The normalized spacial score (nSPS) is 15.4. The zero-order valence-electron chi connectivity index (χ0n) is 9.17. The molecule has 1 aromatic heterocycles. The number of aromatic nitrogens is 1. The smallest absolute Gasteiger partial charge is 0.0531 e. The van der Waals surface area contributed by atoms with E-state index >= 15 is 0 Å². The fourth-order valence-corrected chi connectivity index (χ4v) is 1.94. The lowest BCUT2D eigenvalue weighted by molar-refractivity contribution is 0.563. The number of fused-ring (bicyclic) bond motifs is 1. The van der Waals surface area contributed by atoms with Crippen molar-refractivity contribution < 1.29 is 0 Å². The molecular formula is C13H17N. The van der Waals surface area contributed by atoms with Crippen LogP contribution in [-0.2, 0) is 5.41 Å². The Morgan fingerprint density at radius 3 is 2.57 bits per heavy atom. The van der Waals surface area contributed by atoms with Crippen molar-refractivity contribution in [2.75, 3.05) is 0 Å². The lowest BCUT2D eigenvalue weighted by Crippen LogP contribution is -2.36. The van der Waals surface area contributed by atoms with Crippen LogP contribution in [0.4, 0.5) is 0 Å². The van der Waals surface area contributed by atoms with Crippen molar-refractivity contribution in [3.8, 4) is 0 Å². The highest BCUT2D eigenvalue weighted by Crippen LogP contribution is 2.15. The van der Waals surface area contributed by atoms with Crippen molar-refractivity contribution in [1.29, 1.82) is 0 Å². The van der Waals surface area contributed by atoms with Gasteiger partial charge in [-0.1, -0.05) is 32.9 Å². The quantitative estimate of drug-likeness (QED) is 0.603. The predicted molar refractivity (Wildman–Crippen MR) is 60.4 cm³/mol. The molecule has 14 heavy (non-hydrogen) atoms. The van der Waals surface area contributed by atoms with Crippen LogP contribution in [0.3, 0.4) is 0 Å². The molecule has 74 valence electrons. The fourth-order valence-electron chi connectivity index (χ4n) is 1.94. The van der Waals surface area contributed by atoms with E-state index in [1.165, 1.54) is 22.6 Å². The predicted octanol–water partition coefficient (Wildman–Crippen LogP) is 1.73. The lowest BCUT2D eigenvalue weighted by Gasteiger charge is -2.19. The van der Waals surface area contributed by atoms with Crippen molar-refractivity contribution in [3.05, 3.63) is 28.4 Å². The number of hydrogen-bond acceptors (Lipinski definition) is 1. The van der Waals surface area contributed by atoms with Gasteiger partial charge in [0.05, 0.1) is 5.69 Å². The van der Waals surface area contributed by atoms with E-state index in [9.17, 15) is 0 Å². The van der Waals surface area contributed by atoms with Crippen molar-refractivity contribution >= 4 is 12.2 Å². The van der Waals surface area contributed by atoms with Gasteiger partial charge >= 0.3 is 0 Å². The van der Waals surface area contributed by atoms with Gasteiger partial charge in [-0.2, -0.15) is 0 Å². The molecule has 1 aliphatic rings. The first-order valence-corrected chi connectivity index (χ1v) is 5.25. The van der Waals surface area contributed by atoms with Gasteiger partial charge in [0.15, 0.2) is 0 Å². The number of nitrogens with zero attached hydrogens (tertiary/aromatic N) is 1. The lowest BCUT2D eigenvalue weighted by atomic mass is 9.88. The first-order valence-electron chi connectivity index (χ1n) is 5.25. The van der Waals surface area contributed by atoms with Gasteiger partial charge in [0.25, 0.3) is 0 Å². The van der Waals surface area contributed by atoms with Gasteiger partial charge in [-0.3, -0.25) is 4.98 Å². The first kappa shape index (κ1) is 9.45. The van der Waals surface area contributed by atoms with E-state index in [0.29, 0.717) is 0 Å². The van der Waals surface area contributed by atoms with E-state index < -0.39 is 0 Å². The zero-order valence-corrected chi connectivity index (χ0v) is 9.17. The fraction of sp³-hybridized carbons (Fsp3) is 0.462. The average molecular weight is 187 g/mol. The molecule has 0 aliphatic heterocycles. The van der Waals surface area contributed by atoms with E-state index in [2.05, 4.69) is 44.0 Å². The molecule has 0 N–H and O–H groups in total. The second-order valence-electron chi connectivity index (χ2n) is 4.90. The molecule has 2 rings (SSSR count). The highest BCUT2D eigenvalue weighted by atomic mass is 14.7. The van der Waals surface area contributed by atoms with Crippen LogP contribution >= 0.6 is 0 Å². The summed E-state index contributed by atoms with van der Waals surface area (Å²) >= 11 is 0. The van der Waals surface area contributed by atoms with Gasteiger partial charge in [-0.15, -0.1) is 0 Å². The Labute approximate surface area is 85.2 Å². The highest BCUT2D eigenvalue weighted by Gasteiger charge is 2.17. The average Bonchev–Trinajstić information content (AvgIpc) is 2.15. The van der Waals surface area contributed by atoms with Crippen LogP contribution < -0.4 is 10.4 Å². The molecule has 0 amide bonds. The standard InChI is InChI=1S/C13H17N/c1-13(2,3)12-11-7-5-4-6-10(11)8-9-14-12/h6-9H,4-5H2,1-3H3. The maximum Gasteiger partial charge on any atom is 0.0531 e. The summed E-state index contributed by atoms with van der Waals surface area (Å²) in [4.78, 5) is 4.51. The molecular weight excluding hydrogens is 170 g/mol. The first-order chi connectivity index (χ1) is 6.59. The molecule has 1 nitrogen and oxygen atoms in total. The molecule has 0 atom stereocenters. The van der Waals surface area contributed by atoms with E-state index in [1.807, 2.05) is 6.20 Å². The van der Waals surface area contributed by atoms with E-state index in [0.717, 1.165) is 6.42 Å². The Balaban J connectivity index is 2.76. The van der Waals surface area contributed by atoms with Gasteiger partial charge in [0, 0.05) is 11.6 Å². The summed E-state index contributed by atoms with van der Waals surface area (Å²) in [5.41, 5.74) is 1.37. The molecule has 0 saturated carbocycles. The molecule has 0 bridgehead atoms. The minimum atomic E-state index is 0.146. The Morgan fingerprint density at radius 1 is 1.14 bits per heavy atom. The van der Waals surface area contributed by atoms with Gasteiger partial charge in [0.1, 0.15) is 0 Å². The van der Waals surface area contributed by atoms with Gasteiger partial charge in [-0.25, -0.2) is 0 Å². The molecule has 1 heteroatoms. The third-order valence-electron chi connectivity index (χ3n) is 2.61. The Hall–Kier alpha value is -1.11. The minimum absolute atomic E-state index is 0.146. The molecule has 0 spiro atoms. The summed E-state index contributed by atoms with van der Waals surface area (Å²) in [6, 6.07) is 2.11. The van der Waals surface area contributed by atoms with Crippen LogP contribution in [0.5, 0.6) is 0 Å². The number of hydrogen-bond donors (Lipinski definition) is 0. The molecule has 1 aromatic rings. The molecule has 0 unspecified atom stereocenters. The summed E-state index contributed by atoms with van der Waals surface area (Å²) in [5.74, 6) is 0. The van der Waals surface area contributed by atoms with Gasteiger partial charge < -0.3 is 0 Å². The second-order valence-corrected chi connectivity index (χ2v) is 4.90. The SMILES string of the molecule is CC(C)(C)c1nccc2c1=CCCC=2. The van der Waals surface area contributed by atoms with Gasteiger partial charge in [-0.05, 0) is 29.3 Å². The topological polar surface area (TPSA) is 12.9 Å². The van der Waals surface area contributed by atoms with Crippen molar-refractivity contribution in [1.82, 2.24) is 4.98 Å². The monoisotopic (exact) mass is 187 g/mol. The number of pyridine rings is 1. The summed E-state index contributed by atoms with van der Waals surface area (Å²) in [5, 5.41) is 2.71. The maximum atomic E-state index is 4.51. The molecule has 0 aromatic carbocycles. The molecule has 1 aliphatic carbocycles. The summed E-state index contributed by atoms with van der Waals surface area (Å²) < 4.78 is 0. The van der Waals surface area contributed by atoms with Gasteiger partial charge in [0.2, 0.25) is 0 Å². The summed E-state index contributed by atoms with van der Waals surface area (Å²) in [6.45, 7) is 6.66. The third kappa shape index (κ3) is 1.59. The highest BCUT2D eigenvalue weighted by molar-refractivity contribution is 5.40. The van der Waals surface area contributed by atoms with Crippen LogP contribution in [-0.4, -0.2) is 4.98 Å². The molecule has 0 saturated heterocycles. The van der Waals surface area contributed by atoms with Crippen LogP contribution in [0.1, 0.15) is 39.3 Å². The van der Waals surface area contributed by atoms with E-state index in [-0.39, 0.29) is 5.41 Å². The molecule has 1 heterocycles. The van der Waals surface area contributed by atoms with Crippen LogP contribution in [0.15, 0.2) is 12.3 Å². The van der Waals surface area contributed by atoms with Crippen molar-refractivity contribution in [3.63, 3.8) is 0 Å². The Morgan fingerprint density at radius 2 is 1.86 bits per heavy atom. The Bertz CT molecular complexity index is 449. The van der Waals surface area contributed by atoms with Crippen LogP contribution in [0, 0.1) is 0 Å².